The van der Waals surface area contributed by atoms with E-state index in [1.54, 1.807) is 10.7 Å². The lowest BCUT2D eigenvalue weighted by molar-refractivity contribution is 0.278. The van der Waals surface area contributed by atoms with Crippen molar-refractivity contribution in [3.8, 4) is 17.3 Å². The summed E-state index contributed by atoms with van der Waals surface area (Å²) >= 11 is 0. The molecule has 0 aliphatic heterocycles. The molecule has 0 N–H and O–H groups in total. The van der Waals surface area contributed by atoms with Crippen LogP contribution in [0.15, 0.2) is 54.7 Å². The number of ether oxygens (including phenoxy) is 1. The van der Waals surface area contributed by atoms with E-state index in [0.717, 1.165) is 40.9 Å². The highest BCUT2D eigenvalue weighted by Gasteiger charge is 2.42. The topological polar surface area (TPSA) is 65.2 Å². The molecule has 4 aromatic rings. The van der Waals surface area contributed by atoms with Gasteiger partial charge in [-0.05, 0) is 42.9 Å². The van der Waals surface area contributed by atoms with Crippen LogP contribution in [-0.4, -0.2) is 24.8 Å². The number of pyridine rings is 1. The molecule has 1 saturated carbocycles. The van der Waals surface area contributed by atoms with Crippen LogP contribution in [0.1, 0.15) is 36.6 Å². The monoisotopic (exact) mass is 371 g/mol. The SMILES string of the molecule is Cc1cccnc1COc1nn2c(-c3ccccc3)nnc2cc1C1(C)CC1. The third-order valence-electron chi connectivity index (χ3n) is 5.51. The van der Waals surface area contributed by atoms with Gasteiger partial charge in [-0.25, -0.2) is 0 Å². The summed E-state index contributed by atoms with van der Waals surface area (Å²) in [5.74, 6) is 1.34. The summed E-state index contributed by atoms with van der Waals surface area (Å²) in [4.78, 5) is 4.43. The van der Waals surface area contributed by atoms with E-state index in [9.17, 15) is 0 Å². The van der Waals surface area contributed by atoms with Gasteiger partial charge in [0.15, 0.2) is 11.5 Å². The summed E-state index contributed by atoms with van der Waals surface area (Å²) < 4.78 is 7.96. The van der Waals surface area contributed by atoms with E-state index >= 15 is 0 Å². The van der Waals surface area contributed by atoms with Gasteiger partial charge in [0.2, 0.25) is 5.88 Å². The van der Waals surface area contributed by atoms with Gasteiger partial charge in [0.25, 0.3) is 0 Å². The molecule has 3 heterocycles. The van der Waals surface area contributed by atoms with Crippen LogP contribution in [0.5, 0.6) is 5.88 Å². The Morgan fingerprint density at radius 3 is 2.64 bits per heavy atom. The highest BCUT2D eigenvalue weighted by Crippen LogP contribution is 2.50. The fourth-order valence-corrected chi connectivity index (χ4v) is 3.39. The summed E-state index contributed by atoms with van der Waals surface area (Å²) in [6, 6.07) is 16.0. The summed E-state index contributed by atoms with van der Waals surface area (Å²) in [6.45, 7) is 4.67. The van der Waals surface area contributed by atoms with Crippen LogP contribution in [0.3, 0.4) is 0 Å². The first-order valence-corrected chi connectivity index (χ1v) is 9.50. The van der Waals surface area contributed by atoms with Crippen molar-refractivity contribution in [2.75, 3.05) is 0 Å². The van der Waals surface area contributed by atoms with Crippen LogP contribution >= 0.6 is 0 Å². The Morgan fingerprint density at radius 1 is 1.07 bits per heavy atom. The highest BCUT2D eigenvalue weighted by atomic mass is 16.5. The van der Waals surface area contributed by atoms with Gasteiger partial charge in [0, 0.05) is 17.3 Å². The highest BCUT2D eigenvalue weighted by molar-refractivity contribution is 5.60. The van der Waals surface area contributed by atoms with Crippen molar-refractivity contribution in [1.29, 1.82) is 0 Å². The second kappa shape index (κ2) is 6.41. The maximum atomic E-state index is 6.19. The maximum Gasteiger partial charge on any atom is 0.236 e. The standard InChI is InChI=1S/C22H21N5O/c1-15-7-6-12-23-18(15)14-28-21-17(22(2)10-11-22)13-19-24-25-20(27(19)26-21)16-8-4-3-5-9-16/h3-9,12-13H,10-11,14H2,1-2H3. The van der Waals surface area contributed by atoms with Gasteiger partial charge in [0.1, 0.15) is 6.61 Å². The molecule has 6 nitrogen and oxygen atoms in total. The number of hydrogen-bond acceptors (Lipinski definition) is 5. The lowest BCUT2D eigenvalue weighted by Crippen LogP contribution is -2.11. The Morgan fingerprint density at radius 2 is 1.89 bits per heavy atom. The van der Waals surface area contributed by atoms with Gasteiger partial charge in [-0.3, -0.25) is 4.98 Å². The zero-order chi connectivity index (χ0) is 19.1. The van der Waals surface area contributed by atoms with Gasteiger partial charge in [-0.2, -0.15) is 4.52 Å². The van der Waals surface area contributed by atoms with Crippen molar-refractivity contribution >= 4 is 5.65 Å². The van der Waals surface area contributed by atoms with E-state index in [4.69, 9.17) is 9.84 Å². The number of aryl methyl sites for hydroxylation is 1. The second-order valence-corrected chi connectivity index (χ2v) is 7.64. The maximum absolute atomic E-state index is 6.19. The first-order chi connectivity index (χ1) is 13.6. The van der Waals surface area contributed by atoms with Crippen LogP contribution in [0.4, 0.5) is 0 Å². The molecule has 0 atom stereocenters. The molecule has 6 heteroatoms. The summed E-state index contributed by atoms with van der Waals surface area (Å²) in [5.41, 5.74) is 4.94. The fraction of sp³-hybridized carbons (Fsp3) is 0.273. The third-order valence-corrected chi connectivity index (χ3v) is 5.51. The summed E-state index contributed by atoms with van der Waals surface area (Å²) in [6.07, 6.45) is 4.05. The van der Waals surface area contributed by atoms with Crippen molar-refractivity contribution in [2.45, 2.75) is 38.7 Å². The smallest absolute Gasteiger partial charge is 0.236 e. The minimum absolute atomic E-state index is 0.0993. The van der Waals surface area contributed by atoms with Crippen LogP contribution in [0, 0.1) is 6.92 Å². The Kier molecular flexibility index (Phi) is 3.86. The molecule has 28 heavy (non-hydrogen) atoms. The molecule has 140 valence electrons. The second-order valence-electron chi connectivity index (χ2n) is 7.64. The molecule has 0 spiro atoms. The molecule has 1 aliphatic rings. The molecular formula is C22H21N5O. The number of rotatable bonds is 5. The van der Waals surface area contributed by atoms with Gasteiger partial charge in [-0.15, -0.1) is 15.3 Å². The summed E-state index contributed by atoms with van der Waals surface area (Å²) in [5, 5.41) is 13.5. The molecule has 3 aromatic heterocycles. The van der Waals surface area contributed by atoms with E-state index in [0.29, 0.717) is 18.3 Å². The van der Waals surface area contributed by atoms with Crippen molar-refractivity contribution in [1.82, 2.24) is 24.8 Å². The van der Waals surface area contributed by atoms with E-state index in [2.05, 4.69) is 28.2 Å². The average molecular weight is 371 g/mol. The first kappa shape index (κ1) is 16.9. The largest absolute Gasteiger partial charge is 0.470 e. The molecule has 0 saturated heterocycles. The quantitative estimate of drug-likeness (QED) is 0.528. The van der Waals surface area contributed by atoms with Crippen molar-refractivity contribution in [3.63, 3.8) is 0 Å². The molecule has 5 rings (SSSR count). The minimum Gasteiger partial charge on any atom is -0.470 e. The zero-order valence-electron chi connectivity index (χ0n) is 16.0. The molecule has 1 fully saturated rings. The number of hydrogen-bond donors (Lipinski definition) is 0. The molecule has 1 aromatic carbocycles. The Hall–Kier alpha value is -3.28. The summed E-state index contributed by atoms with van der Waals surface area (Å²) in [7, 11) is 0. The molecule has 0 radical (unpaired) electrons. The lowest BCUT2D eigenvalue weighted by Gasteiger charge is -2.15. The van der Waals surface area contributed by atoms with Crippen LogP contribution in [-0.2, 0) is 12.0 Å². The first-order valence-electron chi connectivity index (χ1n) is 9.50. The van der Waals surface area contributed by atoms with Gasteiger partial charge in [0.05, 0.1) is 5.69 Å². The van der Waals surface area contributed by atoms with Crippen LogP contribution < -0.4 is 4.74 Å². The van der Waals surface area contributed by atoms with E-state index in [1.165, 1.54) is 0 Å². The van der Waals surface area contributed by atoms with Gasteiger partial charge in [-0.1, -0.05) is 43.3 Å². The van der Waals surface area contributed by atoms with Crippen molar-refractivity contribution < 1.29 is 4.74 Å². The molecule has 1 aliphatic carbocycles. The van der Waals surface area contributed by atoms with Gasteiger partial charge < -0.3 is 4.74 Å². The van der Waals surface area contributed by atoms with Crippen LogP contribution in [0.2, 0.25) is 0 Å². The lowest BCUT2D eigenvalue weighted by atomic mass is 10.0. The molecule has 0 amide bonds. The minimum atomic E-state index is 0.0993. The number of fused-ring (bicyclic) bond motifs is 1. The molecule has 0 unspecified atom stereocenters. The Labute approximate surface area is 163 Å². The van der Waals surface area contributed by atoms with E-state index < -0.39 is 0 Å². The Bertz CT molecular complexity index is 1150. The number of aromatic nitrogens is 5. The van der Waals surface area contributed by atoms with E-state index in [-0.39, 0.29) is 5.41 Å². The fourth-order valence-electron chi connectivity index (χ4n) is 3.39. The molecule has 0 bridgehead atoms. The van der Waals surface area contributed by atoms with Gasteiger partial charge >= 0.3 is 0 Å². The normalized spacial score (nSPS) is 14.9. The number of benzene rings is 1. The van der Waals surface area contributed by atoms with E-state index in [1.807, 2.05) is 49.4 Å². The van der Waals surface area contributed by atoms with Crippen LogP contribution in [0.25, 0.3) is 17.0 Å². The predicted molar refractivity (Wildman–Crippen MR) is 106 cm³/mol. The van der Waals surface area contributed by atoms with Crippen molar-refractivity contribution in [2.24, 2.45) is 0 Å². The number of nitrogens with zero attached hydrogens (tertiary/aromatic N) is 5. The molecular weight excluding hydrogens is 350 g/mol. The van der Waals surface area contributed by atoms with Crippen molar-refractivity contribution in [3.05, 3.63) is 71.5 Å². The average Bonchev–Trinajstić information content (AvgIpc) is 3.34. The third kappa shape index (κ3) is 2.91. The zero-order valence-corrected chi connectivity index (χ0v) is 16.0. The predicted octanol–water partition coefficient (Wildman–Crippen LogP) is 4.13. The Balaban J connectivity index is 1.58.